The van der Waals surface area contributed by atoms with Gasteiger partial charge in [-0.2, -0.15) is 23.4 Å². The fourth-order valence-corrected chi connectivity index (χ4v) is 5.01. The number of aryl methyl sites for hydroxylation is 1. The summed E-state index contributed by atoms with van der Waals surface area (Å²) in [5, 5.41) is 11.3. The van der Waals surface area contributed by atoms with Crippen LogP contribution in [0.5, 0.6) is 0 Å². The van der Waals surface area contributed by atoms with Crippen LogP contribution in [0.2, 0.25) is 0 Å². The van der Waals surface area contributed by atoms with Gasteiger partial charge in [0.05, 0.1) is 46.9 Å². The Morgan fingerprint density at radius 2 is 1.81 bits per heavy atom. The van der Waals surface area contributed by atoms with Crippen molar-refractivity contribution in [2.45, 2.75) is 19.6 Å². The molecule has 15 heteroatoms. The quantitative estimate of drug-likeness (QED) is 0.305. The second-order valence-corrected chi connectivity index (χ2v) is 10.4. The molecule has 3 N–H and O–H groups in total. The smallest absolute Gasteiger partial charge is 0.381 e. The number of aromatic nitrogens is 7. The van der Waals surface area contributed by atoms with E-state index < -0.39 is 17.6 Å². The summed E-state index contributed by atoms with van der Waals surface area (Å²) >= 11 is 0. The van der Waals surface area contributed by atoms with Crippen molar-refractivity contribution in [3.8, 4) is 16.9 Å². The van der Waals surface area contributed by atoms with Crippen molar-refractivity contribution < 1.29 is 18.0 Å². The van der Waals surface area contributed by atoms with E-state index in [4.69, 9.17) is 5.73 Å². The lowest BCUT2D eigenvalue weighted by molar-refractivity contribution is -0.138. The molecule has 0 saturated carbocycles. The van der Waals surface area contributed by atoms with Crippen LogP contribution in [-0.2, 0) is 12.7 Å². The molecule has 6 rings (SSSR count). The molecule has 12 nitrogen and oxygen atoms in total. The number of rotatable bonds is 6. The number of carbonyl (C=O) groups excluding carboxylic acids is 1. The predicted molar refractivity (Wildman–Crippen MR) is 152 cm³/mol. The number of benzene rings is 1. The Morgan fingerprint density at radius 3 is 2.58 bits per heavy atom. The van der Waals surface area contributed by atoms with E-state index in [9.17, 15) is 18.0 Å². The van der Waals surface area contributed by atoms with E-state index in [1.165, 1.54) is 24.7 Å². The molecule has 0 atom stereocenters. The van der Waals surface area contributed by atoms with Crippen molar-refractivity contribution in [2.75, 3.05) is 44.3 Å². The zero-order chi connectivity index (χ0) is 30.3. The van der Waals surface area contributed by atoms with Crippen molar-refractivity contribution in [2.24, 2.45) is 0 Å². The zero-order valence-electron chi connectivity index (χ0n) is 23.4. The highest BCUT2D eigenvalue weighted by molar-refractivity contribution is 6.04. The van der Waals surface area contributed by atoms with Gasteiger partial charge in [0.2, 0.25) is 0 Å². The molecule has 1 aliphatic heterocycles. The number of nitrogens with zero attached hydrogens (tertiary/aromatic N) is 9. The Kier molecular flexibility index (Phi) is 7.27. The second-order valence-electron chi connectivity index (χ2n) is 10.4. The van der Waals surface area contributed by atoms with E-state index >= 15 is 0 Å². The summed E-state index contributed by atoms with van der Waals surface area (Å²) in [5.74, 6) is -0.443. The van der Waals surface area contributed by atoms with Gasteiger partial charge in [-0.15, -0.1) is 0 Å². The number of hydrogen-bond acceptors (Lipinski definition) is 9. The van der Waals surface area contributed by atoms with Gasteiger partial charge >= 0.3 is 6.18 Å². The van der Waals surface area contributed by atoms with Gasteiger partial charge < -0.3 is 16.0 Å². The highest BCUT2D eigenvalue weighted by atomic mass is 19.4. The summed E-state index contributed by atoms with van der Waals surface area (Å²) in [6.45, 7) is 4.88. The first-order valence-electron chi connectivity index (χ1n) is 13.5. The SMILES string of the molecule is Cc1ncc(NC(=O)c2ccc(CN3CCN(C)CC3)c(C(F)(F)F)c2)cc1-n1cc(-c2cnc3c(N)ncnn23)cn1. The van der Waals surface area contributed by atoms with Crippen LogP contribution in [0.15, 0.2) is 55.4 Å². The topological polar surface area (TPSA) is 135 Å². The Morgan fingerprint density at radius 1 is 1.02 bits per heavy atom. The van der Waals surface area contributed by atoms with Gasteiger partial charge in [0.15, 0.2) is 11.5 Å². The number of pyridine rings is 1. The maximum Gasteiger partial charge on any atom is 0.416 e. The van der Waals surface area contributed by atoms with E-state index in [2.05, 4.69) is 35.4 Å². The molecule has 5 heterocycles. The lowest BCUT2D eigenvalue weighted by Gasteiger charge is -2.33. The van der Waals surface area contributed by atoms with E-state index in [1.807, 2.05) is 11.9 Å². The van der Waals surface area contributed by atoms with Crippen molar-refractivity contribution in [1.82, 2.24) is 44.1 Å². The molecule has 1 aliphatic rings. The molecule has 1 aromatic carbocycles. The van der Waals surface area contributed by atoms with Crippen LogP contribution in [0.25, 0.3) is 22.6 Å². The number of anilines is 2. The summed E-state index contributed by atoms with van der Waals surface area (Å²) in [6.07, 6.45) is 3.14. The van der Waals surface area contributed by atoms with E-state index in [0.717, 1.165) is 19.2 Å². The number of carbonyl (C=O) groups is 1. The lowest BCUT2D eigenvalue weighted by Crippen LogP contribution is -2.44. The number of amides is 1. The average molecular weight is 592 g/mol. The third-order valence-electron chi connectivity index (χ3n) is 7.44. The van der Waals surface area contributed by atoms with Crippen LogP contribution in [-0.4, -0.2) is 83.3 Å². The molecule has 1 amide bonds. The third kappa shape index (κ3) is 5.76. The van der Waals surface area contributed by atoms with E-state index in [1.54, 1.807) is 40.8 Å². The molecule has 1 saturated heterocycles. The van der Waals surface area contributed by atoms with Gasteiger partial charge in [-0.3, -0.25) is 14.7 Å². The Bertz CT molecular complexity index is 1810. The van der Waals surface area contributed by atoms with Crippen molar-refractivity contribution in [1.29, 1.82) is 0 Å². The molecule has 0 spiro atoms. The van der Waals surface area contributed by atoms with Gasteiger partial charge in [0, 0.05) is 50.0 Å². The normalized spacial score (nSPS) is 14.8. The highest BCUT2D eigenvalue weighted by Crippen LogP contribution is 2.34. The maximum atomic E-state index is 14.0. The molecule has 0 bridgehead atoms. The fourth-order valence-electron chi connectivity index (χ4n) is 5.01. The first kappa shape index (κ1) is 28.2. The third-order valence-corrected chi connectivity index (χ3v) is 7.44. The van der Waals surface area contributed by atoms with Crippen molar-refractivity contribution in [3.63, 3.8) is 0 Å². The van der Waals surface area contributed by atoms with Gasteiger partial charge in [-0.05, 0) is 37.7 Å². The van der Waals surface area contributed by atoms with Crippen LogP contribution in [0, 0.1) is 6.92 Å². The minimum atomic E-state index is -4.60. The molecule has 43 heavy (non-hydrogen) atoms. The summed E-state index contributed by atoms with van der Waals surface area (Å²) in [7, 11) is 1.99. The van der Waals surface area contributed by atoms with Gasteiger partial charge in [0.1, 0.15) is 6.33 Å². The van der Waals surface area contributed by atoms with Crippen LogP contribution in [0.3, 0.4) is 0 Å². The van der Waals surface area contributed by atoms with Gasteiger partial charge in [-0.1, -0.05) is 6.07 Å². The lowest BCUT2D eigenvalue weighted by atomic mass is 10.0. The predicted octanol–water partition coefficient (Wildman–Crippen LogP) is 3.28. The molecule has 4 aromatic heterocycles. The number of nitrogen functional groups attached to an aromatic ring is 1. The Labute approximate surface area is 244 Å². The summed E-state index contributed by atoms with van der Waals surface area (Å²) in [5.41, 5.74) is 8.32. The van der Waals surface area contributed by atoms with Crippen LogP contribution < -0.4 is 11.1 Å². The summed E-state index contributed by atoms with van der Waals surface area (Å²) in [6, 6.07) is 5.37. The molecular weight excluding hydrogens is 563 g/mol. The fraction of sp³-hybridized carbons (Fsp3) is 0.286. The minimum Gasteiger partial charge on any atom is -0.381 e. The Balaban J connectivity index is 1.23. The summed E-state index contributed by atoms with van der Waals surface area (Å²) < 4.78 is 45.2. The highest BCUT2D eigenvalue weighted by Gasteiger charge is 2.34. The molecule has 0 unspecified atom stereocenters. The number of nitrogens with two attached hydrogens (primary N) is 1. The first-order chi connectivity index (χ1) is 20.6. The first-order valence-corrected chi connectivity index (χ1v) is 13.5. The number of fused-ring (bicyclic) bond motifs is 1. The second kappa shape index (κ2) is 11.1. The summed E-state index contributed by atoms with van der Waals surface area (Å²) in [4.78, 5) is 29.8. The average Bonchev–Trinajstić information content (AvgIpc) is 3.63. The van der Waals surface area contributed by atoms with Crippen LogP contribution in [0.1, 0.15) is 27.2 Å². The number of imidazole rings is 1. The maximum absolute atomic E-state index is 14.0. The van der Waals surface area contributed by atoms with Gasteiger partial charge in [-0.25, -0.2) is 19.2 Å². The minimum absolute atomic E-state index is 0.105. The van der Waals surface area contributed by atoms with E-state index in [0.29, 0.717) is 47.1 Å². The Hall–Kier alpha value is -4.89. The largest absolute Gasteiger partial charge is 0.416 e. The molecule has 1 fully saturated rings. The van der Waals surface area contributed by atoms with Crippen LogP contribution >= 0.6 is 0 Å². The monoisotopic (exact) mass is 591 g/mol. The molecule has 5 aromatic rings. The molecular formula is C28H28F3N11O. The standard InChI is InChI=1S/C28H28F3N11O/c1-17-23(41-15-20(11-36-41)24-13-34-26-25(32)35-16-37-42(24)26)10-21(12-33-17)38-27(43)18-3-4-19(22(9-18)28(29,30)31)14-40-7-5-39(2)6-8-40/h3-4,9-13,15-16H,5-8,14H2,1-2H3,(H,38,43)(H2,32,35,37). The van der Waals surface area contributed by atoms with Gasteiger partial charge in [0.25, 0.3) is 5.91 Å². The van der Waals surface area contributed by atoms with Crippen LogP contribution in [0.4, 0.5) is 24.7 Å². The van der Waals surface area contributed by atoms with E-state index in [-0.39, 0.29) is 23.5 Å². The number of piperazine rings is 1. The molecule has 222 valence electrons. The number of alkyl halides is 3. The van der Waals surface area contributed by atoms with Crippen molar-refractivity contribution in [3.05, 3.63) is 77.8 Å². The number of likely N-dealkylation sites (N-methyl/N-ethyl adjacent to an activating group) is 1. The van der Waals surface area contributed by atoms with Crippen molar-refractivity contribution >= 4 is 23.1 Å². The number of hydrogen-bond donors (Lipinski definition) is 2. The number of halogens is 3. The zero-order valence-corrected chi connectivity index (χ0v) is 23.4. The number of nitrogens with one attached hydrogen (secondary N) is 1. The molecule has 0 aliphatic carbocycles. The molecule has 0 radical (unpaired) electrons.